The van der Waals surface area contributed by atoms with Crippen LogP contribution in [0.4, 0.5) is 0 Å². The van der Waals surface area contributed by atoms with Crippen LogP contribution in [-0.2, 0) is 9.59 Å². The van der Waals surface area contributed by atoms with E-state index < -0.39 is 17.9 Å². The number of hydrogen-bond donors (Lipinski definition) is 4. The van der Waals surface area contributed by atoms with Crippen molar-refractivity contribution in [2.24, 2.45) is 16.6 Å². The standard InChI is InChI=1S/C12H15N3O5/c13-9(12(17)18)5-6-20-8-3-1-7(2-4-8)10(15-19)11(14)16/h1-4,9,19H,5-6,13H2,(H2,14,16)(H,17,18). The molecular weight excluding hydrogens is 266 g/mol. The molecule has 0 saturated carbocycles. The molecule has 0 aliphatic rings. The monoisotopic (exact) mass is 281 g/mol. The van der Waals surface area contributed by atoms with E-state index in [4.69, 9.17) is 26.5 Å². The Bertz CT molecular complexity index is 512. The molecule has 8 nitrogen and oxygen atoms in total. The first-order valence-corrected chi connectivity index (χ1v) is 5.69. The predicted octanol–water partition coefficient (Wildman–Crippen LogP) is -0.469. The van der Waals surface area contributed by atoms with Gasteiger partial charge in [0.05, 0.1) is 6.61 Å². The van der Waals surface area contributed by atoms with Crippen LogP contribution in [-0.4, -0.2) is 40.6 Å². The third kappa shape index (κ3) is 4.25. The Balaban J connectivity index is 2.59. The van der Waals surface area contributed by atoms with Gasteiger partial charge in [-0.2, -0.15) is 0 Å². The SMILES string of the molecule is NC(=O)C(=NO)c1ccc(OCCC(N)C(=O)O)cc1. The molecule has 1 rings (SSSR count). The summed E-state index contributed by atoms with van der Waals surface area (Å²) in [5.41, 5.74) is 10.4. The highest BCUT2D eigenvalue weighted by atomic mass is 16.5. The van der Waals surface area contributed by atoms with Crippen LogP contribution in [0.2, 0.25) is 0 Å². The van der Waals surface area contributed by atoms with E-state index in [-0.39, 0.29) is 18.7 Å². The minimum atomic E-state index is -1.09. The molecule has 0 radical (unpaired) electrons. The fourth-order valence-corrected chi connectivity index (χ4v) is 1.39. The number of carbonyl (C=O) groups excluding carboxylic acids is 1. The third-order valence-electron chi connectivity index (χ3n) is 2.48. The average Bonchev–Trinajstić information content (AvgIpc) is 2.40. The Kier molecular flexibility index (Phi) is 5.48. The molecule has 0 heterocycles. The molecule has 0 aliphatic heterocycles. The van der Waals surface area contributed by atoms with Crippen molar-refractivity contribution in [2.45, 2.75) is 12.5 Å². The largest absolute Gasteiger partial charge is 0.494 e. The van der Waals surface area contributed by atoms with E-state index in [1.165, 1.54) is 24.3 Å². The van der Waals surface area contributed by atoms with Crippen molar-refractivity contribution in [2.75, 3.05) is 6.61 Å². The minimum Gasteiger partial charge on any atom is -0.494 e. The lowest BCUT2D eigenvalue weighted by Gasteiger charge is -2.09. The van der Waals surface area contributed by atoms with Crippen LogP contribution in [0.1, 0.15) is 12.0 Å². The molecule has 8 heteroatoms. The summed E-state index contributed by atoms with van der Waals surface area (Å²) < 4.78 is 5.29. The zero-order valence-electron chi connectivity index (χ0n) is 10.5. The molecule has 1 amide bonds. The number of carboxylic acids is 1. The Morgan fingerprint density at radius 1 is 1.30 bits per heavy atom. The molecule has 0 bridgehead atoms. The molecule has 0 spiro atoms. The van der Waals surface area contributed by atoms with E-state index in [0.29, 0.717) is 11.3 Å². The van der Waals surface area contributed by atoms with E-state index in [9.17, 15) is 9.59 Å². The normalized spacial score (nSPS) is 12.8. The molecule has 0 saturated heterocycles. The topological polar surface area (TPSA) is 148 Å². The highest BCUT2D eigenvalue weighted by Gasteiger charge is 2.12. The molecule has 20 heavy (non-hydrogen) atoms. The number of nitrogens with zero attached hydrogens (tertiary/aromatic N) is 1. The lowest BCUT2D eigenvalue weighted by atomic mass is 10.1. The summed E-state index contributed by atoms with van der Waals surface area (Å²) >= 11 is 0. The van der Waals surface area contributed by atoms with Gasteiger partial charge in [-0.05, 0) is 24.3 Å². The number of rotatable bonds is 7. The summed E-state index contributed by atoms with van der Waals surface area (Å²) in [6, 6.07) is 5.08. The van der Waals surface area contributed by atoms with Crippen molar-refractivity contribution in [3.63, 3.8) is 0 Å². The second-order valence-corrected chi connectivity index (χ2v) is 3.92. The molecule has 1 atom stereocenters. The van der Waals surface area contributed by atoms with E-state index >= 15 is 0 Å². The first kappa shape index (κ1) is 15.4. The van der Waals surface area contributed by atoms with Gasteiger partial charge < -0.3 is 26.5 Å². The van der Waals surface area contributed by atoms with E-state index in [1.807, 2.05) is 0 Å². The Morgan fingerprint density at radius 2 is 1.90 bits per heavy atom. The fourth-order valence-electron chi connectivity index (χ4n) is 1.39. The lowest BCUT2D eigenvalue weighted by Crippen LogP contribution is -2.31. The molecule has 1 aromatic carbocycles. The maximum atomic E-state index is 11.0. The van der Waals surface area contributed by atoms with Gasteiger partial charge in [0.1, 0.15) is 11.8 Å². The van der Waals surface area contributed by atoms with Crippen molar-refractivity contribution < 1.29 is 24.6 Å². The maximum absolute atomic E-state index is 11.0. The summed E-state index contributed by atoms with van der Waals surface area (Å²) in [5.74, 6) is -1.48. The highest BCUT2D eigenvalue weighted by Crippen LogP contribution is 2.13. The van der Waals surface area contributed by atoms with E-state index in [0.717, 1.165) is 0 Å². The Hall–Kier alpha value is -2.61. The van der Waals surface area contributed by atoms with Gasteiger partial charge in [0, 0.05) is 12.0 Å². The van der Waals surface area contributed by atoms with Gasteiger partial charge in [-0.15, -0.1) is 0 Å². The fraction of sp³-hybridized carbons (Fsp3) is 0.250. The number of nitrogens with two attached hydrogens (primary N) is 2. The van der Waals surface area contributed by atoms with Crippen LogP contribution in [0.25, 0.3) is 0 Å². The van der Waals surface area contributed by atoms with Crippen LogP contribution < -0.4 is 16.2 Å². The van der Waals surface area contributed by atoms with Crippen LogP contribution in [0.5, 0.6) is 5.75 Å². The molecule has 1 unspecified atom stereocenters. The van der Waals surface area contributed by atoms with Crippen molar-refractivity contribution >= 4 is 17.6 Å². The molecule has 0 fully saturated rings. The van der Waals surface area contributed by atoms with Crippen molar-refractivity contribution in [3.05, 3.63) is 29.8 Å². The number of carboxylic acid groups (broad SMARTS) is 1. The van der Waals surface area contributed by atoms with Gasteiger partial charge in [-0.1, -0.05) is 5.16 Å². The zero-order chi connectivity index (χ0) is 15.1. The minimum absolute atomic E-state index is 0.142. The second kappa shape index (κ2) is 7.10. The van der Waals surface area contributed by atoms with Crippen LogP contribution in [0, 0.1) is 0 Å². The molecule has 108 valence electrons. The molecule has 1 aromatic rings. The van der Waals surface area contributed by atoms with Crippen molar-refractivity contribution in [1.29, 1.82) is 0 Å². The van der Waals surface area contributed by atoms with Crippen molar-refractivity contribution in [1.82, 2.24) is 0 Å². The van der Waals surface area contributed by atoms with Gasteiger partial charge in [-0.25, -0.2) is 0 Å². The summed E-state index contributed by atoms with van der Waals surface area (Å²) in [6.07, 6.45) is 0.168. The predicted molar refractivity (Wildman–Crippen MR) is 69.7 cm³/mol. The number of hydrogen-bond acceptors (Lipinski definition) is 6. The molecule has 0 aromatic heterocycles. The number of carbonyl (C=O) groups is 2. The third-order valence-corrected chi connectivity index (χ3v) is 2.48. The van der Waals surface area contributed by atoms with Crippen LogP contribution in [0.15, 0.2) is 29.4 Å². The number of aliphatic carboxylic acids is 1. The number of ether oxygens (including phenoxy) is 1. The molecule has 6 N–H and O–H groups in total. The van der Waals surface area contributed by atoms with Gasteiger partial charge in [0.25, 0.3) is 5.91 Å². The first-order chi connectivity index (χ1) is 9.45. The van der Waals surface area contributed by atoms with Gasteiger partial charge in [0.2, 0.25) is 0 Å². The first-order valence-electron chi connectivity index (χ1n) is 5.69. The smallest absolute Gasteiger partial charge is 0.320 e. The summed E-state index contributed by atoms with van der Waals surface area (Å²) in [7, 11) is 0. The summed E-state index contributed by atoms with van der Waals surface area (Å²) in [5, 5.41) is 20.1. The van der Waals surface area contributed by atoms with E-state index in [2.05, 4.69) is 5.16 Å². The second-order valence-electron chi connectivity index (χ2n) is 3.92. The quantitative estimate of drug-likeness (QED) is 0.301. The highest BCUT2D eigenvalue weighted by molar-refractivity contribution is 6.44. The Labute approximate surface area is 114 Å². The van der Waals surface area contributed by atoms with E-state index in [1.54, 1.807) is 0 Å². The van der Waals surface area contributed by atoms with Gasteiger partial charge in [-0.3, -0.25) is 9.59 Å². The zero-order valence-corrected chi connectivity index (χ0v) is 10.5. The van der Waals surface area contributed by atoms with Crippen LogP contribution >= 0.6 is 0 Å². The lowest BCUT2D eigenvalue weighted by molar-refractivity contribution is -0.138. The van der Waals surface area contributed by atoms with Crippen molar-refractivity contribution in [3.8, 4) is 5.75 Å². The Morgan fingerprint density at radius 3 is 2.35 bits per heavy atom. The van der Waals surface area contributed by atoms with Gasteiger partial charge in [0.15, 0.2) is 5.71 Å². The maximum Gasteiger partial charge on any atom is 0.320 e. The molecule has 0 aliphatic carbocycles. The van der Waals surface area contributed by atoms with Gasteiger partial charge >= 0.3 is 5.97 Å². The number of oxime groups is 1. The number of benzene rings is 1. The number of primary amides is 1. The average molecular weight is 281 g/mol. The number of amides is 1. The molecular formula is C12H15N3O5. The van der Waals surface area contributed by atoms with Crippen LogP contribution in [0.3, 0.4) is 0 Å². The summed E-state index contributed by atoms with van der Waals surface area (Å²) in [4.78, 5) is 21.5. The summed E-state index contributed by atoms with van der Waals surface area (Å²) in [6.45, 7) is 0.142.